The van der Waals surface area contributed by atoms with E-state index in [4.69, 9.17) is 4.74 Å². The number of amides is 1. The maximum Gasteiger partial charge on any atom is 0.246 e. The highest BCUT2D eigenvalue weighted by Crippen LogP contribution is 2.29. The second kappa shape index (κ2) is 3.49. The highest BCUT2D eigenvalue weighted by molar-refractivity contribution is 5.89. The van der Waals surface area contributed by atoms with E-state index in [1.54, 1.807) is 0 Å². The molecule has 2 saturated heterocycles. The summed E-state index contributed by atoms with van der Waals surface area (Å²) in [6.45, 7) is 2.63. The van der Waals surface area contributed by atoms with Crippen LogP contribution in [-0.2, 0) is 9.53 Å². The van der Waals surface area contributed by atoms with Crippen molar-refractivity contribution in [3.8, 4) is 0 Å². The number of ether oxygens (including phenoxy) is 1. The lowest BCUT2D eigenvalue weighted by Gasteiger charge is -2.30. The molecule has 1 amide bonds. The van der Waals surface area contributed by atoms with Crippen molar-refractivity contribution in [2.45, 2.75) is 44.2 Å². The SMILES string of the molecule is CCC1(C2CCCO2)NC(O)NC1=O. The van der Waals surface area contributed by atoms with Crippen LogP contribution in [0.1, 0.15) is 26.2 Å². The zero-order valence-electron chi connectivity index (χ0n) is 8.25. The summed E-state index contributed by atoms with van der Waals surface area (Å²) in [5.74, 6) is -0.153. The van der Waals surface area contributed by atoms with Crippen LogP contribution in [0, 0.1) is 0 Å². The lowest BCUT2D eigenvalue weighted by atomic mass is 9.88. The van der Waals surface area contributed by atoms with E-state index in [2.05, 4.69) is 10.6 Å². The molecule has 0 aliphatic carbocycles. The summed E-state index contributed by atoms with van der Waals surface area (Å²) in [6, 6.07) is 0. The molecule has 3 unspecified atom stereocenters. The molecule has 0 spiro atoms. The quantitative estimate of drug-likeness (QED) is 0.552. The average Bonchev–Trinajstić information content (AvgIpc) is 2.73. The van der Waals surface area contributed by atoms with Crippen molar-refractivity contribution in [1.29, 1.82) is 0 Å². The summed E-state index contributed by atoms with van der Waals surface area (Å²) < 4.78 is 5.52. The first-order chi connectivity index (χ1) is 6.69. The van der Waals surface area contributed by atoms with Gasteiger partial charge in [0.05, 0.1) is 6.10 Å². The van der Waals surface area contributed by atoms with Gasteiger partial charge in [0.2, 0.25) is 5.91 Å². The average molecular weight is 200 g/mol. The van der Waals surface area contributed by atoms with Gasteiger partial charge in [-0.15, -0.1) is 0 Å². The molecule has 3 atom stereocenters. The first-order valence-electron chi connectivity index (χ1n) is 5.07. The number of aliphatic hydroxyl groups excluding tert-OH is 1. The Labute approximate surface area is 82.8 Å². The van der Waals surface area contributed by atoms with Crippen LogP contribution in [0.4, 0.5) is 0 Å². The summed E-state index contributed by atoms with van der Waals surface area (Å²) in [4.78, 5) is 11.7. The second-order valence-corrected chi connectivity index (χ2v) is 3.85. The Bertz CT molecular complexity index is 240. The van der Waals surface area contributed by atoms with Gasteiger partial charge in [0.25, 0.3) is 0 Å². The molecule has 0 radical (unpaired) electrons. The third kappa shape index (κ3) is 1.32. The highest BCUT2D eigenvalue weighted by Gasteiger charge is 2.51. The minimum Gasteiger partial charge on any atom is -0.376 e. The van der Waals surface area contributed by atoms with Crippen LogP contribution in [0.5, 0.6) is 0 Å². The van der Waals surface area contributed by atoms with Crippen LogP contribution < -0.4 is 10.6 Å². The molecule has 5 heteroatoms. The van der Waals surface area contributed by atoms with Gasteiger partial charge in [-0.05, 0) is 19.3 Å². The molecule has 2 aliphatic rings. The molecular weight excluding hydrogens is 184 g/mol. The lowest BCUT2D eigenvalue weighted by Crippen LogP contribution is -2.56. The molecule has 3 N–H and O–H groups in total. The van der Waals surface area contributed by atoms with Gasteiger partial charge in [0.15, 0.2) is 6.35 Å². The van der Waals surface area contributed by atoms with Crippen molar-refractivity contribution in [3.63, 3.8) is 0 Å². The predicted molar refractivity (Wildman–Crippen MR) is 49.3 cm³/mol. The standard InChI is InChI=1S/C9H16N2O3/c1-2-9(6-4-3-5-14-6)7(12)10-8(13)11-9/h6,8,11,13H,2-5H2,1H3,(H,10,12). The minimum atomic E-state index is -0.938. The Kier molecular flexibility index (Phi) is 2.47. The van der Waals surface area contributed by atoms with Crippen LogP contribution in [0.15, 0.2) is 0 Å². The first-order valence-corrected chi connectivity index (χ1v) is 5.07. The third-order valence-corrected chi connectivity index (χ3v) is 3.10. The number of rotatable bonds is 2. The Morgan fingerprint density at radius 1 is 1.71 bits per heavy atom. The Morgan fingerprint density at radius 3 is 2.93 bits per heavy atom. The predicted octanol–water partition coefficient (Wildman–Crippen LogP) is -0.691. The Balaban J connectivity index is 2.19. The number of carbonyl (C=O) groups excluding carboxylic acids is 1. The van der Waals surface area contributed by atoms with Gasteiger partial charge in [-0.3, -0.25) is 10.1 Å². The monoisotopic (exact) mass is 200 g/mol. The smallest absolute Gasteiger partial charge is 0.246 e. The summed E-state index contributed by atoms with van der Waals surface area (Å²) >= 11 is 0. The third-order valence-electron chi connectivity index (χ3n) is 3.10. The van der Waals surface area contributed by atoms with E-state index in [9.17, 15) is 9.90 Å². The second-order valence-electron chi connectivity index (χ2n) is 3.85. The van der Waals surface area contributed by atoms with Gasteiger partial charge in [0, 0.05) is 6.61 Å². The molecule has 2 fully saturated rings. The van der Waals surface area contributed by atoms with Crippen LogP contribution in [0.2, 0.25) is 0 Å². The summed E-state index contributed by atoms with van der Waals surface area (Å²) in [7, 11) is 0. The molecule has 2 aliphatic heterocycles. The number of carbonyl (C=O) groups is 1. The van der Waals surface area contributed by atoms with E-state index in [0.29, 0.717) is 13.0 Å². The fourth-order valence-corrected chi connectivity index (χ4v) is 2.29. The van der Waals surface area contributed by atoms with Gasteiger partial charge < -0.3 is 15.2 Å². The van der Waals surface area contributed by atoms with Crippen molar-refractivity contribution < 1.29 is 14.6 Å². The van der Waals surface area contributed by atoms with Gasteiger partial charge in [0.1, 0.15) is 5.54 Å². The maximum absolute atomic E-state index is 11.7. The van der Waals surface area contributed by atoms with E-state index in [1.165, 1.54) is 0 Å². The summed E-state index contributed by atoms with van der Waals surface area (Å²) in [5.41, 5.74) is -0.726. The van der Waals surface area contributed by atoms with E-state index >= 15 is 0 Å². The summed E-state index contributed by atoms with van der Waals surface area (Å²) in [5, 5.41) is 14.7. The van der Waals surface area contributed by atoms with Crippen LogP contribution in [0.25, 0.3) is 0 Å². The maximum atomic E-state index is 11.7. The number of aliphatic hydroxyl groups is 1. The molecule has 5 nitrogen and oxygen atoms in total. The number of hydrogen-bond donors (Lipinski definition) is 3. The minimum absolute atomic E-state index is 0.107. The van der Waals surface area contributed by atoms with Gasteiger partial charge in [-0.25, -0.2) is 0 Å². The molecule has 2 rings (SSSR count). The van der Waals surface area contributed by atoms with Gasteiger partial charge >= 0.3 is 0 Å². The molecule has 0 saturated carbocycles. The van der Waals surface area contributed by atoms with Crippen molar-refractivity contribution in [3.05, 3.63) is 0 Å². The van der Waals surface area contributed by atoms with Crippen LogP contribution in [0.3, 0.4) is 0 Å². The molecule has 2 heterocycles. The van der Waals surface area contributed by atoms with Gasteiger partial charge in [-0.1, -0.05) is 6.92 Å². The molecule has 0 aromatic heterocycles. The zero-order valence-corrected chi connectivity index (χ0v) is 8.25. The van der Waals surface area contributed by atoms with Crippen molar-refractivity contribution in [1.82, 2.24) is 10.6 Å². The Morgan fingerprint density at radius 2 is 2.50 bits per heavy atom. The molecular formula is C9H16N2O3. The highest BCUT2D eigenvalue weighted by atomic mass is 16.5. The normalized spacial score (nSPS) is 42.9. The first kappa shape index (κ1) is 9.89. The molecule has 0 bridgehead atoms. The number of nitrogens with one attached hydrogen (secondary N) is 2. The lowest BCUT2D eigenvalue weighted by molar-refractivity contribution is -0.129. The van der Waals surface area contributed by atoms with Crippen LogP contribution >= 0.6 is 0 Å². The molecule has 80 valence electrons. The van der Waals surface area contributed by atoms with E-state index in [1.807, 2.05) is 6.92 Å². The molecule has 0 aromatic carbocycles. The van der Waals surface area contributed by atoms with Crippen molar-refractivity contribution >= 4 is 5.91 Å². The van der Waals surface area contributed by atoms with Crippen LogP contribution in [-0.4, -0.2) is 35.6 Å². The molecule has 14 heavy (non-hydrogen) atoms. The fraction of sp³-hybridized carbons (Fsp3) is 0.889. The topological polar surface area (TPSA) is 70.6 Å². The zero-order chi connectivity index (χ0) is 10.2. The van der Waals surface area contributed by atoms with Gasteiger partial charge in [-0.2, -0.15) is 0 Å². The largest absolute Gasteiger partial charge is 0.376 e. The van der Waals surface area contributed by atoms with E-state index in [0.717, 1.165) is 12.8 Å². The van der Waals surface area contributed by atoms with Crippen molar-refractivity contribution in [2.24, 2.45) is 0 Å². The number of hydrogen-bond acceptors (Lipinski definition) is 4. The van der Waals surface area contributed by atoms with E-state index < -0.39 is 11.9 Å². The van der Waals surface area contributed by atoms with Crippen molar-refractivity contribution in [2.75, 3.05) is 6.61 Å². The Hall–Kier alpha value is -0.650. The molecule has 0 aromatic rings. The fourth-order valence-electron chi connectivity index (χ4n) is 2.29. The summed E-state index contributed by atoms with van der Waals surface area (Å²) in [6.07, 6.45) is 1.44. The van der Waals surface area contributed by atoms with E-state index in [-0.39, 0.29) is 12.0 Å².